The second kappa shape index (κ2) is 5.54. The maximum atomic E-state index is 13.3. The Kier molecular flexibility index (Phi) is 3.93. The quantitative estimate of drug-likeness (QED) is 0.873. The van der Waals surface area contributed by atoms with Crippen molar-refractivity contribution in [3.05, 3.63) is 49.6 Å². The number of aromatic nitrogens is 1. The van der Waals surface area contributed by atoms with E-state index in [9.17, 15) is 4.39 Å². The lowest BCUT2D eigenvalue weighted by molar-refractivity contribution is 0.589. The lowest BCUT2D eigenvalue weighted by atomic mass is 10.1. The number of hydrogen-bond donors (Lipinski definition) is 1. The normalized spacial score (nSPS) is 16.4. The van der Waals surface area contributed by atoms with Crippen LogP contribution in [-0.2, 0) is 0 Å². The van der Waals surface area contributed by atoms with Crippen molar-refractivity contribution < 1.29 is 4.39 Å². The first-order chi connectivity index (χ1) is 9.54. The standard InChI is InChI=1S/C15H16BrFN2S/c1-8-9(2)20-15(18-8)14(19-11-4-5-11)12-6-3-10(17)7-13(12)16/h3,6-7,11,14,19H,4-5H2,1-2H3. The average molecular weight is 355 g/mol. The SMILES string of the molecule is Cc1nc(C(NC2CC2)c2ccc(F)cc2Br)sc1C. The van der Waals surface area contributed by atoms with Crippen molar-refractivity contribution >= 4 is 27.3 Å². The minimum atomic E-state index is -0.225. The Hall–Kier alpha value is -0.780. The van der Waals surface area contributed by atoms with E-state index in [1.807, 2.05) is 13.0 Å². The molecule has 0 saturated heterocycles. The molecule has 1 aromatic heterocycles. The Labute approximate surface area is 130 Å². The molecular formula is C15H16BrFN2S. The van der Waals surface area contributed by atoms with Crippen molar-refractivity contribution in [3.8, 4) is 0 Å². The first-order valence-corrected chi connectivity index (χ1v) is 8.30. The summed E-state index contributed by atoms with van der Waals surface area (Å²) in [5, 5.41) is 4.67. The van der Waals surface area contributed by atoms with Gasteiger partial charge in [0, 0.05) is 15.4 Å². The van der Waals surface area contributed by atoms with Gasteiger partial charge >= 0.3 is 0 Å². The molecule has 0 spiro atoms. The number of nitrogens with zero attached hydrogens (tertiary/aromatic N) is 1. The molecule has 5 heteroatoms. The van der Waals surface area contributed by atoms with Crippen LogP contribution < -0.4 is 5.32 Å². The van der Waals surface area contributed by atoms with Crippen molar-refractivity contribution in [2.75, 3.05) is 0 Å². The van der Waals surface area contributed by atoms with Gasteiger partial charge in [0.2, 0.25) is 0 Å². The van der Waals surface area contributed by atoms with Crippen LogP contribution in [0, 0.1) is 19.7 Å². The van der Waals surface area contributed by atoms with Crippen molar-refractivity contribution in [2.24, 2.45) is 0 Å². The van der Waals surface area contributed by atoms with Crippen LogP contribution in [0.4, 0.5) is 4.39 Å². The predicted molar refractivity (Wildman–Crippen MR) is 83.7 cm³/mol. The van der Waals surface area contributed by atoms with Gasteiger partial charge in [0.1, 0.15) is 10.8 Å². The molecule has 0 aliphatic heterocycles. The van der Waals surface area contributed by atoms with E-state index in [4.69, 9.17) is 0 Å². The highest BCUT2D eigenvalue weighted by molar-refractivity contribution is 9.10. The molecule has 1 saturated carbocycles. The molecule has 1 heterocycles. The Morgan fingerprint density at radius 2 is 2.15 bits per heavy atom. The largest absolute Gasteiger partial charge is 0.301 e. The fraction of sp³-hybridized carbons (Fsp3) is 0.400. The van der Waals surface area contributed by atoms with Gasteiger partial charge in [-0.2, -0.15) is 0 Å². The van der Waals surface area contributed by atoms with Gasteiger partial charge in [-0.25, -0.2) is 9.37 Å². The molecule has 1 atom stereocenters. The maximum absolute atomic E-state index is 13.3. The van der Waals surface area contributed by atoms with Gasteiger partial charge in [-0.3, -0.25) is 0 Å². The van der Waals surface area contributed by atoms with E-state index in [-0.39, 0.29) is 11.9 Å². The van der Waals surface area contributed by atoms with E-state index in [0.717, 1.165) is 20.7 Å². The molecule has 1 N–H and O–H groups in total. The second-order valence-electron chi connectivity index (χ2n) is 5.23. The van der Waals surface area contributed by atoms with Crippen LogP contribution in [0.1, 0.15) is 40.0 Å². The Balaban J connectivity index is 2.00. The van der Waals surface area contributed by atoms with Crippen LogP contribution in [0.3, 0.4) is 0 Å². The van der Waals surface area contributed by atoms with Gasteiger partial charge in [-0.05, 0) is 44.4 Å². The number of benzene rings is 1. The second-order valence-corrected chi connectivity index (χ2v) is 7.32. The molecule has 2 nitrogen and oxygen atoms in total. The maximum Gasteiger partial charge on any atom is 0.124 e. The van der Waals surface area contributed by atoms with Crippen LogP contribution >= 0.6 is 27.3 Å². The summed E-state index contributed by atoms with van der Waals surface area (Å²) in [4.78, 5) is 5.91. The summed E-state index contributed by atoms with van der Waals surface area (Å²) in [6, 6.07) is 5.46. The lowest BCUT2D eigenvalue weighted by Gasteiger charge is -2.18. The van der Waals surface area contributed by atoms with Crippen molar-refractivity contribution in [1.29, 1.82) is 0 Å². The molecule has 1 fully saturated rings. The summed E-state index contributed by atoms with van der Waals surface area (Å²) < 4.78 is 14.1. The Morgan fingerprint density at radius 1 is 1.40 bits per heavy atom. The topological polar surface area (TPSA) is 24.9 Å². The molecule has 1 aliphatic carbocycles. The van der Waals surface area contributed by atoms with E-state index < -0.39 is 0 Å². The fourth-order valence-electron chi connectivity index (χ4n) is 2.14. The third-order valence-corrected chi connectivity index (χ3v) is 5.37. The molecule has 3 rings (SSSR count). The average Bonchev–Trinajstić information content (AvgIpc) is 3.14. The molecule has 1 aromatic carbocycles. The molecule has 2 aromatic rings. The van der Waals surface area contributed by atoms with Crippen LogP contribution in [-0.4, -0.2) is 11.0 Å². The van der Waals surface area contributed by atoms with E-state index in [0.29, 0.717) is 6.04 Å². The third-order valence-electron chi connectivity index (χ3n) is 3.55. The number of aryl methyl sites for hydroxylation is 2. The van der Waals surface area contributed by atoms with E-state index in [1.54, 1.807) is 11.3 Å². The molecular weight excluding hydrogens is 339 g/mol. The third kappa shape index (κ3) is 2.95. The molecule has 0 bridgehead atoms. The monoisotopic (exact) mass is 354 g/mol. The summed E-state index contributed by atoms with van der Waals surface area (Å²) in [7, 11) is 0. The molecule has 0 radical (unpaired) electrons. The molecule has 106 valence electrons. The number of halogens is 2. The summed E-state index contributed by atoms with van der Waals surface area (Å²) in [6.45, 7) is 4.12. The molecule has 1 aliphatic rings. The lowest BCUT2D eigenvalue weighted by Crippen LogP contribution is -2.24. The summed E-state index contributed by atoms with van der Waals surface area (Å²) in [5.74, 6) is -0.225. The van der Waals surface area contributed by atoms with Gasteiger partial charge in [0.05, 0.1) is 11.7 Å². The van der Waals surface area contributed by atoms with E-state index in [1.165, 1.54) is 29.9 Å². The zero-order chi connectivity index (χ0) is 14.3. The highest BCUT2D eigenvalue weighted by Gasteiger charge is 2.29. The van der Waals surface area contributed by atoms with E-state index in [2.05, 4.69) is 33.2 Å². The zero-order valence-electron chi connectivity index (χ0n) is 11.4. The number of rotatable bonds is 4. The summed E-state index contributed by atoms with van der Waals surface area (Å²) in [5.41, 5.74) is 2.12. The highest BCUT2D eigenvalue weighted by atomic mass is 79.9. The van der Waals surface area contributed by atoms with Crippen molar-refractivity contribution in [3.63, 3.8) is 0 Å². The predicted octanol–water partition coefficient (Wildman–Crippen LogP) is 4.50. The van der Waals surface area contributed by atoms with Crippen LogP contribution in [0.2, 0.25) is 0 Å². The minimum absolute atomic E-state index is 0.0369. The van der Waals surface area contributed by atoms with Gasteiger partial charge in [-0.1, -0.05) is 22.0 Å². The fourth-order valence-corrected chi connectivity index (χ4v) is 3.72. The molecule has 1 unspecified atom stereocenters. The van der Waals surface area contributed by atoms with E-state index >= 15 is 0 Å². The number of hydrogen-bond acceptors (Lipinski definition) is 3. The molecule has 20 heavy (non-hydrogen) atoms. The van der Waals surface area contributed by atoms with Crippen LogP contribution in [0.15, 0.2) is 22.7 Å². The first-order valence-electron chi connectivity index (χ1n) is 6.69. The van der Waals surface area contributed by atoms with Gasteiger partial charge < -0.3 is 5.32 Å². The first kappa shape index (κ1) is 14.2. The summed E-state index contributed by atoms with van der Waals surface area (Å²) >= 11 is 5.19. The zero-order valence-corrected chi connectivity index (χ0v) is 13.8. The van der Waals surface area contributed by atoms with Gasteiger partial charge in [0.15, 0.2) is 0 Å². The number of thiazole rings is 1. The minimum Gasteiger partial charge on any atom is -0.301 e. The Bertz CT molecular complexity index is 617. The smallest absolute Gasteiger partial charge is 0.124 e. The van der Waals surface area contributed by atoms with Gasteiger partial charge in [0.25, 0.3) is 0 Å². The van der Waals surface area contributed by atoms with Crippen LogP contribution in [0.25, 0.3) is 0 Å². The Morgan fingerprint density at radius 3 is 2.70 bits per heavy atom. The van der Waals surface area contributed by atoms with Crippen LogP contribution in [0.5, 0.6) is 0 Å². The summed E-state index contributed by atoms with van der Waals surface area (Å²) in [6.07, 6.45) is 2.41. The van der Waals surface area contributed by atoms with Crippen molar-refractivity contribution in [1.82, 2.24) is 10.3 Å². The van der Waals surface area contributed by atoms with Crippen molar-refractivity contribution in [2.45, 2.75) is 38.8 Å². The van der Waals surface area contributed by atoms with Gasteiger partial charge in [-0.15, -0.1) is 11.3 Å². The highest BCUT2D eigenvalue weighted by Crippen LogP contribution is 2.35. The number of nitrogens with one attached hydrogen (secondary N) is 1. The molecule has 0 amide bonds.